The Hall–Kier alpha value is -1.75. The van der Waals surface area contributed by atoms with Crippen LogP contribution in [0.15, 0.2) is 42.7 Å². The van der Waals surface area contributed by atoms with E-state index in [1.54, 1.807) is 6.20 Å². The van der Waals surface area contributed by atoms with Crippen molar-refractivity contribution in [1.82, 2.24) is 9.97 Å². The number of hydrogen-bond donors (Lipinski definition) is 2. The van der Waals surface area contributed by atoms with Crippen LogP contribution in [-0.4, -0.2) is 15.2 Å². The Balaban J connectivity index is 0.000000373. The monoisotopic (exact) mass is 242 g/mol. The van der Waals surface area contributed by atoms with E-state index >= 15 is 0 Å². The summed E-state index contributed by atoms with van der Waals surface area (Å²) in [6.07, 6.45) is 3.57. The summed E-state index contributed by atoms with van der Waals surface area (Å²) in [4.78, 5) is 7.17. The van der Waals surface area contributed by atoms with Crippen molar-refractivity contribution in [3.63, 3.8) is 0 Å². The highest BCUT2D eigenvalue weighted by molar-refractivity contribution is 7.24. The molecule has 0 bridgehead atoms. The van der Waals surface area contributed by atoms with Gasteiger partial charge in [0.15, 0.2) is 0 Å². The Morgan fingerprint density at radius 3 is 2.38 bits per heavy atom. The summed E-state index contributed by atoms with van der Waals surface area (Å²) < 4.78 is 20.6. The summed E-state index contributed by atoms with van der Waals surface area (Å²) in [6.45, 7) is 0. The summed E-state index contributed by atoms with van der Waals surface area (Å²) in [5.74, 6) is 0.922. The molecular weight excluding hydrogens is 231 g/mol. The second kappa shape index (κ2) is 6.68. The molecule has 2 rings (SSSR count). The van der Waals surface area contributed by atoms with Crippen molar-refractivity contribution in [2.75, 3.05) is 0 Å². The zero-order chi connectivity index (χ0) is 11.8. The molecule has 0 radical (unpaired) electrons. The molecule has 0 aliphatic rings. The normalized spacial score (nSPS) is 9.06. The zero-order valence-electron chi connectivity index (χ0n) is 8.11. The molecule has 2 N–H and O–H groups in total. The summed E-state index contributed by atoms with van der Waals surface area (Å²) in [5, 5.41) is 7.05. The van der Waals surface area contributed by atoms with Gasteiger partial charge in [0, 0.05) is 19.4 Å². The first-order chi connectivity index (χ1) is 7.74. The highest BCUT2D eigenvalue weighted by Gasteiger charge is 1.94. The van der Waals surface area contributed by atoms with Gasteiger partial charge in [-0.3, -0.25) is 0 Å². The van der Waals surface area contributed by atoms with Crippen molar-refractivity contribution in [3.05, 3.63) is 42.7 Å². The molecule has 0 unspecified atom stereocenters. The SMILES string of the molecule is O=P(=O)OO.[HH].c1ccc(-c2ncc[nH]2)cc1. The number of imidazole rings is 1. The molecule has 1 aromatic carbocycles. The molecule has 0 aliphatic heterocycles. The van der Waals surface area contributed by atoms with Crippen molar-refractivity contribution in [2.45, 2.75) is 0 Å². The number of hydrogen-bond acceptors (Lipinski definition) is 5. The third kappa shape index (κ3) is 4.18. The van der Waals surface area contributed by atoms with Gasteiger partial charge in [0.05, 0.1) is 0 Å². The minimum absolute atomic E-state index is 0. The maximum absolute atomic E-state index is 8.93. The number of H-pyrrole nitrogens is 1. The van der Waals surface area contributed by atoms with Gasteiger partial charge in [-0.05, 0) is 0 Å². The van der Waals surface area contributed by atoms with Crippen molar-refractivity contribution in [2.24, 2.45) is 0 Å². The molecule has 0 saturated heterocycles. The zero-order valence-corrected chi connectivity index (χ0v) is 9.00. The Morgan fingerprint density at radius 2 is 1.94 bits per heavy atom. The van der Waals surface area contributed by atoms with Gasteiger partial charge in [0.2, 0.25) is 0 Å². The number of nitrogens with one attached hydrogen (secondary N) is 1. The number of rotatable bonds is 2. The molecule has 0 spiro atoms. The van der Waals surface area contributed by atoms with Crippen molar-refractivity contribution in [1.29, 1.82) is 0 Å². The van der Waals surface area contributed by atoms with Gasteiger partial charge in [-0.15, -0.1) is 4.67 Å². The second-order valence-electron chi connectivity index (χ2n) is 2.61. The van der Waals surface area contributed by atoms with Gasteiger partial charge in [-0.1, -0.05) is 30.3 Å². The Bertz CT molecular complexity index is 465. The molecule has 7 heteroatoms. The van der Waals surface area contributed by atoms with Gasteiger partial charge >= 0.3 is 7.91 Å². The van der Waals surface area contributed by atoms with Crippen LogP contribution in [0.25, 0.3) is 11.4 Å². The van der Waals surface area contributed by atoms with Crippen LogP contribution in [0.5, 0.6) is 0 Å². The molecule has 0 atom stereocenters. The van der Waals surface area contributed by atoms with Crippen molar-refractivity contribution in [3.8, 4) is 11.4 Å². The van der Waals surface area contributed by atoms with Crippen molar-refractivity contribution < 1.29 is 20.5 Å². The molecule has 1 aromatic heterocycles. The lowest BCUT2D eigenvalue weighted by molar-refractivity contribution is -0.132. The van der Waals surface area contributed by atoms with E-state index in [0.29, 0.717) is 0 Å². The molecule has 0 saturated carbocycles. The van der Waals surface area contributed by atoms with E-state index in [4.69, 9.17) is 14.4 Å². The Labute approximate surface area is 93.2 Å². The summed E-state index contributed by atoms with van der Waals surface area (Å²) in [7, 11) is -3.04. The fourth-order valence-electron chi connectivity index (χ4n) is 1.02. The predicted molar refractivity (Wildman–Crippen MR) is 58.1 cm³/mol. The topological polar surface area (TPSA) is 92.3 Å². The van der Waals surface area contributed by atoms with Crippen LogP contribution >= 0.6 is 7.91 Å². The second-order valence-corrected chi connectivity index (χ2v) is 3.22. The molecule has 2 aromatic rings. The minimum Gasteiger partial charge on any atom is -0.345 e. The first-order valence-corrected chi connectivity index (χ1v) is 5.34. The fraction of sp³-hybridized carbons (Fsp3) is 0. The van der Waals surface area contributed by atoms with E-state index in [-0.39, 0.29) is 1.43 Å². The van der Waals surface area contributed by atoms with Crippen LogP contribution in [0.1, 0.15) is 1.43 Å². The molecule has 16 heavy (non-hydrogen) atoms. The molecule has 0 aliphatic carbocycles. The fourth-order valence-corrected chi connectivity index (χ4v) is 1.02. The summed E-state index contributed by atoms with van der Waals surface area (Å²) >= 11 is 0. The largest absolute Gasteiger partial charge is 0.496 e. The van der Waals surface area contributed by atoms with Gasteiger partial charge in [0.25, 0.3) is 0 Å². The molecule has 6 nitrogen and oxygen atoms in total. The third-order valence-electron chi connectivity index (χ3n) is 1.61. The van der Waals surface area contributed by atoms with Gasteiger partial charge in [-0.2, -0.15) is 0 Å². The molecular formula is C9H11N2O4P. The Kier molecular flexibility index (Phi) is 5.15. The summed E-state index contributed by atoms with van der Waals surface area (Å²) in [6, 6.07) is 10.0. The smallest absolute Gasteiger partial charge is 0.345 e. The first-order valence-electron chi connectivity index (χ1n) is 4.24. The van der Waals surface area contributed by atoms with Crippen LogP contribution in [0.4, 0.5) is 0 Å². The summed E-state index contributed by atoms with van der Waals surface area (Å²) in [5.41, 5.74) is 1.12. The molecule has 86 valence electrons. The van der Waals surface area contributed by atoms with Crippen molar-refractivity contribution >= 4 is 7.91 Å². The lowest BCUT2D eigenvalue weighted by Gasteiger charge is -1.92. The lowest BCUT2D eigenvalue weighted by Crippen LogP contribution is -1.77. The van der Waals surface area contributed by atoms with E-state index in [9.17, 15) is 0 Å². The van der Waals surface area contributed by atoms with Crippen LogP contribution in [0.3, 0.4) is 0 Å². The lowest BCUT2D eigenvalue weighted by atomic mass is 10.2. The minimum atomic E-state index is -3.04. The van der Waals surface area contributed by atoms with E-state index in [0.717, 1.165) is 11.4 Å². The van der Waals surface area contributed by atoms with Crippen LogP contribution < -0.4 is 0 Å². The predicted octanol–water partition coefficient (Wildman–Crippen LogP) is 2.89. The highest BCUT2D eigenvalue weighted by atomic mass is 31.1. The maximum atomic E-state index is 8.93. The van der Waals surface area contributed by atoms with Gasteiger partial charge < -0.3 is 4.98 Å². The highest BCUT2D eigenvalue weighted by Crippen LogP contribution is 2.11. The molecule has 1 heterocycles. The number of aromatic nitrogens is 2. The van der Waals surface area contributed by atoms with Gasteiger partial charge in [0.1, 0.15) is 5.82 Å². The van der Waals surface area contributed by atoms with Crippen LogP contribution in [-0.2, 0) is 13.8 Å². The van der Waals surface area contributed by atoms with E-state index in [2.05, 4.69) is 14.6 Å². The van der Waals surface area contributed by atoms with E-state index < -0.39 is 7.91 Å². The van der Waals surface area contributed by atoms with E-state index in [1.807, 2.05) is 36.5 Å². The first kappa shape index (κ1) is 12.3. The molecule has 0 amide bonds. The number of nitrogens with zero attached hydrogens (tertiary/aromatic N) is 1. The average Bonchev–Trinajstić information content (AvgIpc) is 2.84. The third-order valence-corrected chi connectivity index (χ3v) is 1.75. The average molecular weight is 242 g/mol. The quantitative estimate of drug-likeness (QED) is 0.479. The van der Waals surface area contributed by atoms with Crippen LogP contribution in [0.2, 0.25) is 0 Å². The standard InChI is InChI=1S/C9H8N2.HO4P.H2/c1-2-4-8(5-3-1)9-10-6-7-11-9;1-4-5(2)3;/h1-7H,(H,10,11);1H;1H. The van der Waals surface area contributed by atoms with Crippen LogP contribution in [0, 0.1) is 0 Å². The van der Waals surface area contributed by atoms with E-state index in [1.165, 1.54) is 0 Å². The maximum Gasteiger partial charge on any atom is 0.496 e. The number of aromatic amines is 1. The number of benzene rings is 1. The Morgan fingerprint density at radius 1 is 1.31 bits per heavy atom. The van der Waals surface area contributed by atoms with Gasteiger partial charge in [-0.25, -0.2) is 19.4 Å². The molecule has 0 fully saturated rings.